The molecule has 35 heavy (non-hydrogen) atoms. The number of nitrogens with zero attached hydrogens (tertiary/aromatic N) is 3. The lowest BCUT2D eigenvalue weighted by molar-refractivity contribution is -0.127. The van der Waals surface area contributed by atoms with Crippen molar-refractivity contribution in [3.05, 3.63) is 46.6 Å². The van der Waals surface area contributed by atoms with Crippen molar-refractivity contribution in [2.24, 2.45) is 4.99 Å². The number of amides is 1. The molecule has 186 valence electrons. The molecule has 0 aliphatic carbocycles. The maximum absolute atomic E-state index is 12.1. The zero-order valence-corrected chi connectivity index (χ0v) is 21.4. The van der Waals surface area contributed by atoms with Gasteiger partial charge in [-0.15, -0.1) is 11.3 Å². The van der Waals surface area contributed by atoms with Crippen molar-refractivity contribution >= 4 is 22.9 Å². The standard InChI is InChI=1S/C26H31N3O5S/c1-31-20-10-8-19(9-11-20)27-26-29(14-6-13-28-12-5-7-24(28)30)21(17-35-26)18-15-22(32-2)25(34-4)23(16-18)33-3/h8-11,15-17H,5-7,12-14H2,1-4H3. The molecular weight excluding hydrogens is 466 g/mol. The Kier molecular flexibility index (Phi) is 7.97. The largest absolute Gasteiger partial charge is 0.497 e. The first-order chi connectivity index (χ1) is 17.1. The van der Waals surface area contributed by atoms with E-state index in [1.54, 1.807) is 39.8 Å². The van der Waals surface area contributed by atoms with E-state index in [0.717, 1.165) is 53.4 Å². The summed E-state index contributed by atoms with van der Waals surface area (Å²) in [4.78, 5) is 19.8. The second kappa shape index (κ2) is 11.3. The zero-order valence-electron chi connectivity index (χ0n) is 20.6. The lowest BCUT2D eigenvalue weighted by Gasteiger charge is -2.17. The van der Waals surface area contributed by atoms with Gasteiger partial charge in [0.25, 0.3) is 0 Å². The quantitative estimate of drug-likeness (QED) is 0.412. The van der Waals surface area contributed by atoms with Crippen LogP contribution in [0.1, 0.15) is 19.3 Å². The maximum atomic E-state index is 12.1. The molecule has 0 bridgehead atoms. The van der Waals surface area contributed by atoms with Crippen molar-refractivity contribution in [1.82, 2.24) is 9.47 Å². The summed E-state index contributed by atoms with van der Waals surface area (Å²) in [6, 6.07) is 11.6. The number of benzene rings is 2. The van der Waals surface area contributed by atoms with Crippen molar-refractivity contribution in [3.8, 4) is 34.3 Å². The Morgan fingerprint density at radius 2 is 1.66 bits per heavy atom. The molecule has 2 heterocycles. The molecule has 1 saturated heterocycles. The van der Waals surface area contributed by atoms with E-state index in [2.05, 4.69) is 9.95 Å². The number of aromatic nitrogens is 1. The third kappa shape index (κ3) is 5.45. The first kappa shape index (κ1) is 24.7. The van der Waals surface area contributed by atoms with Crippen LogP contribution in [0.5, 0.6) is 23.0 Å². The van der Waals surface area contributed by atoms with Gasteiger partial charge >= 0.3 is 0 Å². The lowest BCUT2D eigenvalue weighted by Crippen LogP contribution is -2.27. The van der Waals surface area contributed by atoms with Crippen LogP contribution in [0, 0.1) is 0 Å². The first-order valence-electron chi connectivity index (χ1n) is 11.5. The Morgan fingerprint density at radius 1 is 0.943 bits per heavy atom. The van der Waals surface area contributed by atoms with Crippen LogP contribution in [0.15, 0.2) is 46.8 Å². The summed E-state index contributed by atoms with van der Waals surface area (Å²) < 4.78 is 24.1. The highest BCUT2D eigenvalue weighted by molar-refractivity contribution is 7.07. The fraction of sp³-hybridized carbons (Fsp3) is 0.385. The van der Waals surface area contributed by atoms with Crippen LogP contribution in [0.4, 0.5) is 5.69 Å². The minimum Gasteiger partial charge on any atom is -0.497 e. The van der Waals surface area contributed by atoms with E-state index in [4.69, 9.17) is 23.9 Å². The smallest absolute Gasteiger partial charge is 0.222 e. The summed E-state index contributed by atoms with van der Waals surface area (Å²) in [6.07, 6.45) is 2.43. The summed E-state index contributed by atoms with van der Waals surface area (Å²) in [6.45, 7) is 2.29. The molecule has 1 aromatic heterocycles. The first-order valence-corrected chi connectivity index (χ1v) is 12.4. The average molecular weight is 498 g/mol. The summed E-state index contributed by atoms with van der Waals surface area (Å²) in [5, 5.41) is 2.09. The molecule has 2 aromatic carbocycles. The van der Waals surface area contributed by atoms with E-state index in [9.17, 15) is 4.79 Å². The highest BCUT2D eigenvalue weighted by Crippen LogP contribution is 2.41. The molecule has 8 nitrogen and oxygen atoms in total. The molecule has 0 radical (unpaired) electrons. The summed E-state index contributed by atoms with van der Waals surface area (Å²) in [5.41, 5.74) is 2.77. The van der Waals surface area contributed by atoms with Crippen LogP contribution in [0.2, 0.25) is 0 Å². The molecule has 3 aromatic rings. The second-order valence-corrected chi connectivity index (χ2v) is 8.95. The van der Waals surface area contributed by atoms with E-state index >= 15 is 0 Å². The van der Waals surface area contributed by atoms with Gasteiger partial charge in [-0.1, -0.05) is 0 Å². The van der Waals surface area contributed by atoms with Gasteiger partial charge in [0.15, 0.2) is 16.3 Å². The van der Waals surface area contributed by atoms with Gasteiger partial charge in [0.1, 0.15) is 5.75 Å². The number of carbonyl (C=O) groups excluding carboxylic acids is 1. The average Bonchev–Trinajstić information content (AvgIpc) is 3.49. The summed E-state index contributed by atoms with van der Waals surface area (Å²) >= 11 is 1.57. The predicted octanol–water partition coefficient (Wildman–Crippen LogP) is 4.50. The highest BCUT2D eigenvalue weighted by Gasteiger charge is 2.20. The van der Waals surface area contributed by atoms with Gasteiger partial charge in [0.05, 0.1) is 39.8 Å². The van der Waals surface area contributed by atoms with Gasteiger partial charge in [0, 0.05) is 37.0 Å². The number of hydrogen-bond donors (Lipinski definition) is 0. The number of ether oxygens (including phenoxy) is 4. The second-order valence-electron chi connectivity index (χ2n) is 8.12. The van der Waals surface area contributed by atoms with Crippen LogP contribution in [0.25, 0.3) is 11.3 Å². The van der Waals surface area contributed by atoms with Gasteiger partial charge in [-0.3, -0.25) is 4.79 Å². The minimum atomic E-state index is 0.244. The Bertz CT molecular complexity index is 1210. The lowest BCUT2D eigenvalue weighted by atomic mass is 10.1. The third-order valence-electron chi connectivity index (χ3n) is 6.04. The van der Waals surface area contributed by atoms with Crippen LogP contribution in [-0.2, 0) is 11.3 Å². The Morgan fingerprint density at radius 3 is 2.23 bits per heavy atom. The predicted molar refractivity (Wildman–Crippen MR) is 136 cm³/mol. The molecular formula is C26H31N3O5S. The Labute approximate surface area is 209 Å². The van der Waals surface area contributed by atoms with Crippen molar-refractivity contribution in [1.29, 1.82) is 0 Å². The highest BCUT2D eigenvalue weighted by atomic mass is 32.1. The summed E-state index contributed by atoms with van der Waals surface area (Å²) in [5.74, 6) is 2.77. The normalized spacial score (nSPS) is 13.9. The van der Waals surface area contributed by atoms with Gasteiger partial charge in [-0.05, 0) is 49.2 Å². The number of likely N-dealkylation sites (tertiary alicyclic amines) is 1. The Balaban J connectivity index is 1.73. The van der Waals surface area contributed by atoms with Crippen molar-refractivity contribution in [2.45, 2.75) is 25.8 Å². The molecule has 0 spiro atoms. The molecule has 1 aliphatic rings. The number of hydrogen-bond acceptors (Lipinski definition) is 7. The van der Waals surface area contributed by atoms with Gasteiger partial charge in [-0.25, -0.2) is 4.99 Å². The van der Waals surface area contributed by atoms with Crippen LogP contribution in [0.3, 0.4) is 0 Å². The molecule has 0 N–H and O–H groups in total. The molecule has 0 saturated carbocycles. The number of methoxy groups -OCH3 is 4. The van der Waals surface area contributed by atoms with E-state index < -0.39 is 0 Å². The zero-order chi connectivity index (χ0) is 24.8. The number of carbonyl (C=O) groups is 1. The van der Waals surface area contributed by atoms with Crippen LogP contribution < -0.4 is 23.7 Å². The minimum absolute atomic E-state index is 0.244. The van der Waals surface area contributed by atoms with E-state index in [1.807, 2.05) is 41.3 Å². The molecule has 0 atom stereocenters. The number of rotatable bonds is 10. The molecule has 1 fully saturated rings. The maximum Gasteiger partial charge on any atom is 0.222 e. The molecule has 4 rings (SSSR count). The monoisotopic (exact) mass is 497 g/mol. The SMILES string of the molecule is COc1ccc(N=c2scc(-c3cc(OC)c(OC)c(OC)c3)n2CCCN2CCCC2=O)cc1. The molecule has 1 amide bonds. The van der Waals surface area contributed by atoms with Crippen molar-refractivity contribution in [3.63, 3.8) is 0 Å². The van der Waals surface area contributed by atoms with Crippen molar-refractivity contribution < 1.29 is 23.7 Å². The van der Waals surface area contributed by atoms with Gasteiger partial charge in [-0.2, -0.15) is 0 Å². The van der Waals surface area contributed by atoms with Crippen LogP contribution in [-0.4, -0.2) is 56.9 Å². The van der Waals surface area contributed by atoms with Gasteiger partial charge < -0.3 is 28.4 Å². The van der Waals surface area contributed by atoms with Crippen LogP contribution >= 0.6 is 11.3 Å². The van der Waals surface area contributed by atoms with Crippen molar-refractivity contribution in [2.75, 3.05) is 41.5 Å². The third-order valence-corrected chi connectivity index (χ3v) is 6.90. The molecule has 9 heteroatoms. The van der Waals surface area contributed by atoms with E-state index in [0.29, 0.717) is 30.2 Å². The Hall–Kier alpha value is -3.46. The molecule has 0 unspecified atom stereocenters. The molecule has 1 aliphatic heterocycles. The number of thiazole rings is 1. The van der Waals surface area contributed by atoms with E-state index in [1.165, 1.54) is 0 Å². The fourth-order valence-electron chi connectivity index (χ4n) is 4.22. The topological polar surface area (TPSA) is 74.5 Å². The van der Waals surface area contributed by atoms with E-state index in [-0.39, 0.29) is 5.91 Å². The fourth-order valence-corrected chi connectivity index (χ4v) is 5.18. The summed E-state index contributed by atoms with van der Waals surface area (Å²) in [7, 11) is 6.46. The van der Waals surface area contributed by atoms with Gasteiger partial charge in [0.2, 0.25) is 11.7 Å².